The van der Waals surface area contributed by atoms with Crippen LogP contribution >= 0.6 is 0 Å². The molecule has 17 heavy (non-hydrogen) atoms. The van der Waals surface area contributed by atoms with E-state index in [0.29, 0.717) is 19.2 Å². The second-order valence-electron chi connectivity index (χ2n) is 5.19. The van der Waals surface area contributed by atoms with Crippen molar-refractivity contribution < 1.29 is 9.53 Å². The van der Waals surface area contributed by atoms with Crippen molar-refractivity contribution in [3.63, 3.8) is 0 Å². The number of nitrogens with zero attached hydrogens (tertiary/aromatic N) is 1. The van der Waals surface area contributed by atoms with E-state index < -0.39 is 0 Å². The van der Waals surface area contributed by atoms with E-state index in [-0.39, 0.29) is 5.97 Å². The van der Waals surface area contributed by atoms with Gasteiger partial charge in [0.15, 0.2) is 0 Å². The van der Waals surface area contributed by atoms with Crippen LogP contribution in [0.15, 0.2) is 0 Å². The molecule has 1 saturated carbocycles. The summed E-state index contributed by atoms with van der Waals surface area (Å²) in [5.74, 6) is 0.789. The first-order valence-corrected chi connectivity index (χ1v) is 7.07. The molecule has 0 saturated heterocycles. The van der Waals surface area contributed by atoms with Crippen molar-refractivity contribution in [2.24, 2.45) is 5.92 Å². The lowest BCUT2D eigenvalue weighted by molar-refractivity contribution is -0.145. The lowest BCUT2D eigenvalue weighted by Gasteiger charge is -2.35. The van der Waals surface area contributed by atoms with E-state index in [1.54, 1.807) is 0 Å². The zero-order valence-corrected chi connectivity index (χ0v) is 11.6. The summed E-state index contributed by atoms with van der Waals surface area (Å²) in [4.78, 5) is 13.9. The minimum atomic E-state index is -0.0698. The molecule has 0 atom stereocenters. The number of hydrogen-bond donors (Lipinski definition) is 0. The Hall–Kier alpha value is -0.570. The quantitative estimate of drug-likeness (QED) is 0.670. The summed E-state index contributed by atoms with van der Waals surface area (Å²) in [5, 5.41) is 0. The van der Waals surface area contributed by atoms with Crippen LogP contribution in [0.25, 0.3) is 0 Å². The second kappa shape index (κ2) is 7.70. The Kier molecular flexibility index (Phi) is 6.56. The molecule has 0 aliphatic heterocycles. The van der Waals surface area contributed by atoms with Gasteiger partial charge < -0.3 is 4.74 Å². The molecular weight excluding hydrogens is 214 g/mol. The van der Waals surface area contributed by atoms with E-state index in [4.69, 9.17) is 4.74 Å². The summed E-state index contributed by atoms with van der Waals surface area (Å²) in [6.07, 6.45) is 6.17. The molecule has 0 bridgehead atoms. The molecule has 1 aliphatic carbocycles. The fourth-order valence-electron chi connectivity index (χ4n) is 2.66. The van der Waals surface area contributed by atoms with Gasteiger partial charge in [0.05, 0.1) is 13.2 Å². The molecule has 3 heteroatoms. The molecule has 0 aromatic carbocycles. The Morgan fingerprint density at radius 3 is 2.41 bits per heavy atom. The molecule has 0 aromatic rings. The maximum Gasteiger partial charge on any atom is 0.320 e. The largest absolute Gasteiger partial charge is 0.465 e. The van der Waals surface area contributed by atoms with E-state index in [9.17, 15) is 4.79 Å². The Labute approximate surface area is 106 Å². The third-order valence-electron chi connectivity index (χ3n) is 3.65. The molecule has 1 aliphatic rings. The lowest BCUT2D eigenvalue weighted by atomic mass is 9.86. The van der Waals surface area contributed by atoms with Crippen molar-refractivity contribution in [1.82, 2.24) is 4.90 Å². The second-order valence-corrected chi connectivity index (χ2v) is 5.19. The summed E-state index contributed by atoms with van der Waals surface area (Å²) in [7, 11) is 0. The summed E-state index contributed by atoms with van der Waals surface area (Å²) < 4.78 is 5.05. The summed E-state index contributed by atoms with van der Waals surface area (Å²) in [6, 6.07) is 0.593. The van der Waals surface area contributed by atoms with Crippen LogP contribution in [0.2, 0.25) is 0 Å². The first kappa shape index (κ1) is 14.5. The van der Waals surface area contributed by atoms with Crippen LogP contribution in [0, 0.1) is 5.92 Å². The normalized spacial score (nSPS) is 24.9. The molecule has 1 fully saturated rings. The molecule has 0 heterocycles. The van der Waals surface area contributed by atoms with Gasteiger partial charge in [-0.3, -0.25) is 9.69 Å². The van der Waals surface area contributed by atoms with Crippen molar-refractivity contribution in [3.8, 4) is 0 Å². The van der Waals surface area contributed by atoms with Gasteiger partial charge in [0.2, 0.25) is 0 Å². The average molecular weight is 241 g/mol. The van der Waals surface area contributed by atoms with Gasteiger partial charge in [0, 0.05) is 6.04 Å². The van der Waals surface area contributed by atoms with Crippen molar-refractivity contribution >= 4 is 5.97 Å². The maximum absolute atomic E-state index is 11.6. The van der Waals surface area contributed by atoms with Crippen LogP contribution in [0.5, 0.6) is 0 Å². The SMILES string of the molecule is CCCN(CC(=O)OCC)C1CCC(C)CC1. The van der Waals surface area contributed by atoms with Crippen LogP contribution in [-0.4, -0.2) is 36.6 Å². The van der Waals surface area contributed by atoms with Crippen LogP contribution in [0.4, 0.5) is 0 Å². The Morgan fingerprint density at radius 1 is 1.24 bits per heavy atom. The third-order valence-corrected chi connectivity index (χ3v) is 3.65. The van der Waals surface area contributed by atoms with E-state index in [1.165, 1.54) is 25.7 Å². The summed E-state index contributed by atoms with van der Waals surface area (Å²) in [6.45, 7) is 8.33. The van der Waals surface area contributed by atoms with E-state index >= 15 is 0 Å². The highest BCUT2D eigenvalue weighted by molar-refractivity contribution is 5.71. The van der Waals surface area contributed by atoms with E-state index in [2.05, 4.69) is 18.7 Å². The van der Waals surface area contributed by atoms with Gasteiger partial charge in [-0.1, -0.05) is 13.8 Å². The van der Waals surface area contributed by atoms with Gasteiger partial charge in [-0.05, 0) is 51.5 Å². The molecule has 1 rings (SSSR count). The molecular formula is C14H27NO2. The molecule has 0 spiro atoms. The smallest absolute Gasteiger partial charge is 0.320 e. The van der Waals surface area contributed by atoms with Gasteiger partial charge >= 0.3 is 5.97 Å². The van der Waals surface area contributed by atoms with Crippen LogP contribution in [0.1, 0.15) is 52.9 Å². The third kappa shape index (κ3) is 5.07. The number of carbonyl (C=O) groups is 1. The minimum Gasteiger partial charge on any atom is -0.465 e. The van der Waals surface area contributed by atoms with Crippen molar-refractivity contribution in [2.45, 2.75) is 58.9 Å². The average Bonchev–Trinajstić information content (AvgIpc) is 2.30. The standard InChI is InChI=1S/C14H27NO2/c1-4-10-15(11-14(16)17-5-2)13-8-6-12(3)7-9-13/h12-13H,4-11H2,1-3H3. The minimum absolute atomic E-state index is 0.0698. The molecule has 0 aromatic heterocycles. The number of hydrogen-bond acceptors (Lipinski definition) is 3. The molecule has 100 valence electrons. The van der Waals surface area contributed by atoms with Crippen LogP contribution in [-0.2, 0) is 9.53 Å². The lowest BCUT2D eigenvalue weighted by Crippen LogP contribution is -2.42. The van der Waals surface area contributed by atoms with Crippen molar-refractivity contribution in [2.75, 3.05) is 19.7 Å². The summed E-state index contributed by atoms with van der Waals surface area (Å²) in [5.41, 5.74) is 0. The zero-order chi connectivity index (χ0) is 12.7. The van der Waals surface area contributed by atoms with Crippen molar-refractivity contribution in [1.29, 1.82) is 0 Å². The fourth-order valence-corrected chi connectivity index (χ4v) is 2.66. The number of carbonyl (C=O) groups excluding carboxylic acids is 1. The summed E-state index contributed by atoms with van der Waals surface area (Å²) >= 11 is 0. The van der Waals surface area contributed by atoms with E-state index in [0.717, 1.165) is 18.9 Å². The van der Waals surface area contributed by atoms with Gasteiger partial charge in [-0.2, -0.15) is 0 Å². The first-order valence-electron chi connectivity index (χ1n) is 7.07. The number of ether oxygens (including phenoxy) is 1. The highest BCUT2D eigenvalue weighted by atomic mass is 16.5. The number of rotatable bonds is 6. The number of esters is 1. The van der Waals surface area contributed by atoms with E-state index in [1.807, 2.05) is 6.92 Å². The molecule has 0 amide bonds. The molecule has 0 unspecified atom stereocenters. The Morgan fingerprint density at radius 2 is 1.88 bits per heavy atom. The highest BCUT2D eigenvalue weighted by Gasteiger charge is 2.25. The fraction of sp³-hybridized carbons (Fsp3) is 0.929. The maximum atomic E-state index is 11.6. The topological polar surface area (TPSA) is 29.5 Å². The zero-order valence-electron chi connectivity index (χ0n) is 11.6. The first-order chi connectivity index (χ1) is 8.17. The predicted molar refractivity (Wildman–Crippen MR) is 69.9 cm³/mol. The van der Waals surface area contributed by atoms with Gasteiger partial charge in [0.1, 0.15) is 0 Å². The van der Waals surface area contributed by atoms with Crippen molar-refractivity contribution in [3.05, 3.63) is 0 Å². The van der Waals surface area contributed by atoms with Gasteiger partial charge in [-0.15, -0.1) is 0 Å². The monoisotopic (exact) mass is 241 g/mol. The molecule has 3 nitrogen and oxygen atoms in total. The Balaban J connectivity index is 2.44. The molecule has 0 radical (unpaired) electrons. The van der Waals surface area contributed by atoms with Gasteiger partial charge in [0.25, 0.3) is 0 Å². The Bertz CT molecular complexity index is 222. The van der Waals surface area contributed by atoms with Crippen LogP contribution in [0.3, 0.4) is 0 Å². The van der Waals surface area contributed by atoms with Crippen LogP contribution < -0.4 is 0 Å². The highest BCUT2D eigenvalue weighted by Crippen LogP contribution is 2.27. The predicted octanol–water partition coefficient (Wildman–Crippen LogP) is 2.84. The molecule has 0 N–H and O–H groups in total. The van der Waals surface area contributed by atoms with Gasteiger partial charge in [-0.25, -0.2) is 0 Å².